The average Bonchev–Trinajstić information content (AvgIpc) is 2.83. The van der Waals surface area contributed by atoms with Crippen molar-refractivity contribution in [1.29, 1.82) is 0 Å². The second kappa shape index (κ2) is 4.53. The third-order valence-corrected chi connectivity index (χ3v) is 5.37. The van der Waals surface area contributed by atoms with E-state index in [4.69, 9.17) is 0 Å². The molecule has 1 N–H and O–H groups in total. The van der Waals surface area contributed by atoms with Crippen molar-refractivity contribution in [3.05, 3.63) is 20.8 Å². The lowest BCUT2D eigenvalue weighted by atomic mass is 10.5. The van der Waals surface area contributed by atoms with E-state index in [0.717, 1.165) is 21.5 Å². The Morgan fingerprint density at radius 1 is 1.47 bits per heavy atom. The summed E-state index contributed by atoms with van der Waals surface area (Å²) >= 11 is 4.90. The summed E-state index contributed by atoms with van der Waals surface area (Å²) in [7, 11) is -3.07. The van der Waals surface area contributed by atoms with Gasteiger partial charge in [0.2, 0.25) is 10.0 Å². The molecule has 0 aliphatic heterocycles. The molecule has 84 valence electrons. The summed E-state index contributed by atoms with van der Waals surface area (Å²) in [5, 5.41) is 0. The Balaban J connectivity index is 1.86. The fourth-order valence-electron chi connectivity index (χ4n) is 1.28. The van der Waals surface area contributed by atoms with E-state index in [-0.39, 0.29) is 0 Å². The van der Waals surface area contributed by atoms with Crippen molar-refractivity contribution < 1.29 is 8.42 Å². The Labute approximate surface area is 102 Å². The Morgan fingerprint density at radius 3 is 2.73 bits per heavy atom. The maximum absolute atomic E-state index is 11.5. The summed E-state index contributed by atoms with van der Waals surface area (Å²) in [6.45, 7) is 0.408. The van der Waals surface area contributed by atoms with Crippen LogP contribution in [0.1, 0.15) is 17.7 Å². The van der Waals surface area contributed by atoms with Crippen molar-refractivity contribution >= 4 is 37.3 Å². The lowest BCUT2D eigenvalue weighted by Crippen LogP contribution is -2.26. The van der Waals surface area contributed by atoms with Gasteiger partial charge in [-0.25, -0.2) is 13.1 Å². The summed E-state index contributed by atoms with van der Waals surface area (Å²) in [4.78, 5) is 1.03. The van der Waals surface area contributed by atoms with E-state index in [1.165, 1.54) is 0 Å². The molecule has 0 radical (unpaired) electrons. The third kappa shape index (κ3) is 3.86. The molecule has 15 heavy (non-hydrogen) atoms. The van der Waals surface area contributed by atoms with Crippen LogP contribution < -0.4 is 4.72 Å². The third-order valence-electron chi connectivity index (χ3n) is 2.25. The van der Waals surface area contributed by atoms with Crippen molar-refractivity contribution in [3.8, 4) is 0 Å². The minimum Gasteiger partial charge on any atom is -0.212 e. The van der Waals surface area contributed by atoms with Crippen molar-refractivity contribution in [2.24, 2.45) is 5.92 Å². The number of hydrogen-bond donors (Lipinski definition) is 1. The van der Waals surface area contributed by atoms with Crippen molar-refractivity contribution in [1.82, 2.24) is 4.72 Å². The Hall–Kier alpha value is 0.0900. The van der Waals surface area contributed by atoms with Crippen LogP contribution in [-0.4, -0.2) is 14.2 Å². The van der Waals surface area contributed by atoms with Crippen LogP contribution in [0.3, 0.4) is 0 Å². The van der Waals surface area contributed by atoms with Crippen LogP contribution in [0.15, 0.2) is 15.9 Å². The summed E-state index contributed by atoms with van der Waals surface area (Å²) in [6, 6.07) is 3.85. The molecule has 0 spiro atoms. The van der Waals surface area contributed by atoms with Gasteiger partial charge in [0.25, 0.3) is 0 Å². The molecule has 1 saturated carbocycles. The molecule has 6 heteroatoms. The van der Waals surface area contributed by atoms with Crippen LogP contribution in [0, 0.1) is 5.92 Å². The molecule has 0 aromatic carbocycles. The van der Waals surface area contributed by atoms with E-state index in [1.807, 2.05) is 12.1 Å². The zero-order valence-corrected chi connectivity index (χ0v) is 11.3. The molecule has 1 fully saturated rings. The van der Waals surface area contributed by atoms with Crippen molar-refractivity contribution in [2.75, 3.05) is 5.75 Å². The van der Waals surface area contributed by atoms with Gasteiger partial charge in [-0.2, -0.15) is 0 Å². The van der Waals surface area contributed by atoms with Gasteiger partial charge in [-0.3, -0.25) is 0 Å². The molecule has 1 aromatic heterocycles. The van der Waals surface area contributed by atoms with Gasteiger partial charge in [-0.05, 0) is 46.8 Å². The van der Waals surface area contributed by atoms with E-state index in [9.17, 15) is 8.42 Å². The number of sulfonamides is 1. The lowest BCUT2D eigenvalue weighted by Gasteiger charge is -2.03. The smallest absolute Gasteiger partial charge is 0.212 e. The summed E-state index contributed by atoms with van der Waals surface area (Å²) < 4.78 is 26.7. The topological polar surface area (TPSA) is 46.2 Å². The fraction of sp³-hybridized carbons (Fsp3) is 0.556. The summed E-state index contributed by atoms with van der Waals surface area (Å²) in [5.74, 6) is 0.692. The highest BCUT2D eigenvalue weighted by atomic mass is 79.9. The van der Waals surface area contributed by atoms with E-state index < -0.39 is 10.0 Å². The largest absolute Gasteiger partial charge is 0.212 e. The number of thiophene rings is 1. The summed E-state index contributed by atoms with van der Waals surface area (Å²) in [6.07, 6.45) is 2.12. The van der Waals surface area contributed by atoms with Crippen LogP contribution in [0.2, 0.25) is 0 Å². The molecular formula is C9H12BrNO2S2. The van der Waals surface area contributed by atoms with Crippen LogP contribution in [-0.2, 0) is 16.6 Å². The van der Waals surface area contributed by atoms with Gasteiger partial charge in [-0.1, -0.05) is 0 Å². The second-order valence-electron chi connectivity index (χ2n) is 3.75. The molecule has 1 heterocycles. The van der Waals surface area contributed by atoms with Gasteiger partial charge in [0, 0.05) is 11.4 Å². The molecule has 0 bridgehead atoms. The highest BCUT2D eigenvalue weighted by molar-refractivity contribution is 9.11. The SMILES string of the molecule is O=S(=O)(CC1CC1)NCc1ccc(Br)s1. The maximum atomic E-state index is 11.5. The quantitative estimate of drug-likeness (QED) is 0.907. The second-order valence-corrected chi connectivity index (χ2v) is 8.15. The molecular weight excluding hydrogens is 298 g/mol. The predicted molar refractivity (Wildman–Crippen MR) is 65.4 cm³/mol. The maximum Gasteiger partial charge on any atom is 0.212 e. The first-order valence-corrected chi connectivity index (χ1v) is 8.03. The van der Waals surface area contributed by atoms with Gasteiger partial charge in [-0.15, -0.1) is 11.3 Å². The molecule has 0 amide bonds. The number of hydrogen-bond acceptors (Lipinski definition) is 3. The molecule has 0 unspecified atom stereocenters. The molecule has 3 nitrogen and oxygen atoms in total. The molecule has 2 rings (SSSR count). The summed E-state index contributed by atoms with van der Waals surface area (Å²) in [5.41, 5.74) is 0. The molecule has 1 aromatic rings. The van der Waals surface area contributed by atoms with Gasteiger partial charge >= 0.3 is 0 Å². The average molecular weight is 310 g/mol. The molecule has 0 saturated heterocycles. The predicted octanol–water partition coefficient (Wildman–Crippen LogP) is 2.34. The van der Waals surface area contributed by atoms with Crippen LogP contribution in [0.4, 0.5) is 0 Å². The zero-order valence-electron chi connectivity index (χ0n) is 8.07. The van der Waals surface area contributed by atoms with E-state index in [2.05, 4.69) is 20.7 Å². The molecule has 1 aliphatic carbocycles. The minimum absolute atomic E-state index is 0.291. The first kappa shape index (κ1) is 11.6. The first-order valence-electron chi connectivity index (χ1n) is 4.77. The van der Waals surface area contributed by atoms with Crippen LogP contribution in [0.25, 0.3) is 0 Å². The monoisotopic (exact) mass is 309 g/mol. The van der Waals surface area contributed by atoms with E-state index in [0.29, 0.717) is 18.2 Å². The highest BCUT2D eigenvalue weighted by Gasteiger charge is 2.27. The van der Waals surface area contributed by atoms with E-state index in [1.54, 1.807) is 11.3 Å². The Kier molecular flexibility index (Phi) is 3.49. The normalized spacial score (nSPS) is 16.9. The van der Waals surface area contributed by atoms with Gasteiger partial charge in [0.15, 0.2) is 0 Å². The number of rotatable bonds is 5. The van der Waals surface area contributed by atoms with Crippen molar-refractivity contribution in [3.63, 3.8) is 0 Å². The first-order chi connectivity index (χ1) is 7.05. The van der Waals surface area contributed by atoms with E-state index >= 15 is 0 Å². The Morgan fingerprint density at radius 2 is 2.20 bits per heavy atom. The zero-order chi connectivity index (χ0) is 10.9. The fourth-order valence-corrected chi connectivity index (χ4v) is 4.24. The highest BCUT2D eigenvalue weighted by Crippen LogP contribution is 2.30. The van der Waals surface area contributed by atoms with Crippen LogP contribution in [0.5, 0.6) is 0 Å². The lowest BCUT2D eigenvalue weighted by molar-refractivity contribution is 0.578. The van der Waals surface area contributed by atoms with Gasteiger partial charge in [0.05, 0.1) is 9.54 Å². The van der Waals surface area contributed by atoms with Crippen LogP contribution >= 0.6 is 27.3 Å². The van der Waals surface area contributed by atoms with Crippen molar-refractivity contribution in [2.45, 2.75) is 19.4 Å². The Bertz CT molecular complexity index is 437. The minimum atomic E-state index is -3.07. The number of halogens is 1. The molecule has 1 aliphatic rings. The standard InChI is InChI=1S/C9H12BrNO2S2/c10-9-4-3-8(14-9)5-11-15(12,13)6-7-1-2-7/h3-4,7,11H,1-2,5-6H2. The van der Waals surface area contributed by atoms with Gasteiger partial charge in [0.1, 0.15) is 0 Å². The molecule has 0 atom stereocenters. The van der Waals surface area contributed by atoms with Gasteiger partial charge < -0.3 is 0 Å². The number of nitrogens with one attached hydrogen (secondary N) is 1.